The Hall–Kier alpha value is -3.75. The number of hydrogen-bond donors (Lipinski definition) is 8. The Bertz CT molecular complexity index is 819. The highest BCUT2D eigenvalue weighted by Gasteiger charge is 2.32. The first kappa shape index (κ1) is 31.2. The molecule has 0 saturated heterocycles. The number of carboxylic acids is 2. The van der Waals surface area contributed by atoms with E-state index in [-0.39, 0.29) is 25.7 Å². The second-order valence-corrected chi connectivity index (χ2v) is 8.05. The predicted octanol–water partition coefficient (Wildman–Crippen LogP) is -3.10. The van der Waals surface area contributed by atoms with E-state index in [0.717, 1.165) is 0 Å². The first-order valence-corrected chi connectivity index (χ1v) is 10.9. The normalized spacial score (nSPS) is 14.9. The molecular weight excluding hydrogens is 468 g/mol. The summed E-state index contributed by atoms with van der Waals surface area (Å²) in [5.41, 5.74) is 15.7. The maximum Gasteiger partial charge on any atom is 0.326 e. The largest absolute Gasteiger partial charge is 0.481 e. The molecule has 0 spiro atoms. The van der Waals surface area contributed by atoms with Gasteiger partial charge in [0.2, 0.25) is 29.5 Å². The lowest BCUT2D eigenvalue weighted by molar-refractivity contribution is -0.144. The maximum atomic E-state index is 12.9. The van der Waals surface area contributed by atoms with Crippen LogP contribution in [0.1, 0.15) is 52.4 Å². The van der Waals surface area contributed by atoms with Gasteiger partial charge in [-0.15, -0.1) is 0 Å². The number of carbonyl (C=O) groups excluding carboxylic acids is 5. The fourth-order valence-electron chi connectivity index (χ4n) is 2.88. The van der Waals surface area contributed by atoms with Crippen LogP contribution in [0, 0.1) is 5.92 Å². The molecule has 5 unspecified atom stereocenters. The van der Waals surface area contributed by atoms with E-state index in [2.05, 4.69) is 16.0 Å². The smallest absolute Gasteiger partial charge is 0.326 e. The van der Waals surface area contributed by atoms with E-state index in [9.17, 15) is 38.7 Å². The van der Waals surface area contributed by atoms with Crippen LogP contribution < -0.4 is 33.2 Å². The highest BCUT2D eigenvalue weighted by atomic mass is 16.4. The quantitative estimate of drug-likeness (QED) is 0.0991. The summed E-state index contributed by atoms with van der Waals surface area (Å²) < 4.78 is 0. The van der Waals surface area contributed by atoms with Gasteiger partial charge in [-0.2, -0.15) is 0 Å². The topological polar surface area (TPSA) is 274 Å². The molecule has 15 nitrogen and oxygen atoms in total. The Labute approximate surface area is 201 Å². The van der Waals surface area contributed by atoms with Crippen molar-refractivity contribution in [3.8, 4) is 0 Å². The molecule has 0 bridgehead atoms. The van der Waals surface area contributed by atoms with Gasteiger partial charge in [-0.3, -0.25) is 28.8 Å². The second-order valence-electron chi connectivity index (χ2n) is 8.05. The molecular formula is C20H34N6O9. The third-order valence-corrected chi connectivity index (χ3v) is 5.13. The van der Waals surface area contributed by atoms with Gasteiger partial charge in [-0.25, -0.2) is 4.79 Å². The molecule has 0 fully saturated rings. The molecule has 0 aromatic rings. The summed E-state index contributed by atoms with van der Waals surface area (Å²) in [5.74, 6) is -7.58. The number of nitrogens with one attached hydrogen (secondary N) is 3. The number of carboxylic acid groups (broad SMARTS) is 2. The summed E-state index contributed by atoms with van der Waals surface area (Å²) in [6, 6.07) is -5.64. The van der Waals surface area contributed by atoms with Gasteiger partial charge in [0.25, 0.3) is 0 Å². The van der Waals surface area contributed by atoms with Crippen molar-refractivity contribution in [3.63, 3.8) is 0 Å². The summed E-state index contributed by atoms with van der Waals surface area (Å²) in [5, 5.41) is 25.0. The van der Waals surface area contributed by atoms with Crippen LogP contribution in [0.25, 0.3) is 0 Å². The average molecular weight is 503 g/mol. The Morgan fingerprint density at radius 1 is 0.771 bits per heavy atom. The Balaban J connectivity index is 5.70. The Morgan fingerprint density at radius 3 is 1.57 bits per heavy atom. The van der Waals surface area contributed by atoms with Crippen LogP contribution >= 0.6 is 0 Å². The number of aliphatic carboxylic acids is 2. The Kier molecular flexibility index (Phi) is 13.6. The molecule has 0 aliphatic heterocycles. The fraction of sp³-hybridized carbons (Fsp3) is 0.650. The summed E-state index contributed by atoms with van der Waals surface area (Å²) >= 11 is 0. The SMILES string of the molecule is CCC(C)C(NC(=O)C(CCC(N)=O)NC(=O)C(CCC(N)=O)NC(=O)C(N)CC(=O)O)C(=O)O. The third kappa shape index (κ3) is 12.3. The molecule has 15 heteroatoms. The molecule has 0 aromatic carbocycles. The van der Waals surface area contributed by atoms with Gasteiger partial charge in [-0.05, 0) is 18.8 Å². The first-order valence-electron chi connectivity index (χ1n) is 10.9. The second kappa shape index (κ2) is 15.2. The number of amides is 5. The van der Waals surface area contributed by atoms with E-state index in [1.54, 1.807) is 13.8 Å². The molecule has 0 radical (unpaired) electrons. The number of hydrogen-bond acceptors (Lipinski definition) is 8. The third-order valence-electron chi connectivity index (χ3n) is 5.13. The van der Waals surface area contributed by atoms with Crippen molar-refractivity contribution in [2.75, 3.05) is 0 Å². The standard InChI is InChI=1S/C20H34N6O9/c1-3-9(2)16(20(34)35)26-19(33)12(5-7-14(23)28)25-18(32)11(4-6-13(22)27)24-17(31)10(21)8-15(29)30/h9-12,16H,3-8,21H2,1-2H3,(H2,22,27)(H2,23,28)(H,24,31)(H,25,32)(H,26,33)(H,29,30)(H,34,35). The summed E-state index contributed by atoms with van der Waals surface area (Å²) in [6.07, 6.45) is -1.57. The van der Waals surface area contributed by atoms with Crippen LogP contribution in [0.3, 0.4) is 0 Å². The highest BCUT2D eigenvalue weighted by Crippen LogP contribution is 2.10. The minimum absolute atomic E-state index is 0.283. The van der Waals surface area contributed by atoms with Crippen LogP contribution in [-0.4, -0.2) is 75.9 Å². The zero-order valence-electron chi connectivity index (χ0n) is 19.6. The zero-order valence-corrected chi connectivity index (χ0v) is 19.6. The summed E-state index contributed by atoms with van der Waals surface area (Å²) in [7, 11) is 0. The molecule has 0 heterocycles. The lowest BCUT2D eigenvalue weighted by atomic mass is 9.98. The van der Waals surface area contributed by atoms with Gasteiger partial charge in [0.05, 0.1) is 12.5 Å². The molecule has 35 heavy (non-hydrogen) atoms. The van der Waals surface area contributed by atoms with E-state index in [1.807, 2.05) is 0 Å². The minimum atomic E-state index is -1.50. The molecule has 0 saturated carbocycles. The van der Waals surface area contributed by atoms with Gasteiger partial charge in [0.15, 0.2) is 0 Å². The van der Waals surface area contributed by atoms with Crippen molar-refractivity contribution in [2.45, 2.75) is 76.5 Å². The molecule has 11 N–H and O–H groups in total. The van der Waals surface area contributed by atoms with Crippen LogP contribution in [0.5, 0.6) is 0 Å². The monoisotopic (exact) mass is 502 g/mol. The molecule has 5 atom stereocenters. The van der Waals surface area contributed by atoms with E-state index >= 15 is 0 Å². The van der Waals surface area contributed by atoms with Crippen molar-refractivity contribution in [1.29, 1.82) is 0 Å². The van der Waals surface area contributed by atoms with Crippen LogP contribution in [0.2, 0.25) is 0 Å². The number of primary amides is 2. The predicted molar refractivity (Wildman–Crippen MR) is 120 cm³/mol. The van der Waals surface area contributed by atoms with E-state index in [1.165, 1.54) is 0 Å². The van der Waals surface area contributed by atoms with Crippen molar-refractivity contribution < 1.29 is 43.8 Å². The first-order chi connectivity index (χ1) is 16.2. The van der Waals surface area contributed by atoms with Gasteiger partial charge in [0, 0.05) is 12.8 Å². The zero-order chi connectivity index (χ0) is 27.3. The molecule has 5 amide bonds. The minimum Gasteiger partial charge on any atom is -0.481 e. The molecule has 198 valence electrons. The van der Waals surface area contributed by atoms with Crippen LogP contribution in [-0.2, 0) is 33.6 Å². The summed E-state index contributed by atoms with van der Waals surface area (Å²) in [4.78, 5) is 82.6. The molecule has 0 aromatic heterocycles. The van der Waals surface area contributed by atoms with Crippen molar-refractivity contribution >= 4 is 41.5 Å². The lowest BCUT2D eigenvalue weighted by Crippen LogP contribution is -2.58. The Morgan fingerprint density at radius 2 is 1.20 bits per heavy atom. The van der Waals surface area contributed by atoms with Crippen molar-refractivity contribution in [1.82, 2.24) is 16.0 Å². The number of rotatable bonds is 17. The van der Waals surface area contributed by atoms with Gasteiger partial charge in [0.1, 0.15) is 18.1 Å². The molecule has 0 aliphatic rings. The van der Waals surface area contributed by atoms with Crippen molar-refractivity contribution in [3.05, 3.63) is 0 Å². The van der Waals surface area contributed by atoms with Crippen LogP contribution in [0.15, 0.2) is 0 Å². The fourth-order valence-corrected chi connectivity index (χ4v) is 2.88. The van der Waals surface area contributed by atoms with Gasteiger partial charge >= 0.3 is 11.9 Å². The molecule has 0 aliphatic carbocycles. The van der Waals surface area contributed by atoms with E-state index in [4.69, 9.17) is 22.3 Å². The molecule has 0 rings (SSSR count). The van der Waals surface area contributed by atoms with E-state index in [0.29, 0.717) is 6.42 Å². The average Bonchev–Trinajstić information content (AvgIpc) is 2.75. The van der Waals surface area contributed by atoms with Crippen LogP contribution in [0.4, 0.5) is 0 Å². The lowest BCUT2D eigenvalue weighted by Gasteiger charge is -2.26. The van der Waals surface area contributed by atoms with Gasteiger partial charge in [-0.1, -0.05) is 20.3 Å². The van der Waals surface area contributed by atoms with E-state index < -0.39 is 78.0 Å². The number of carbonyl (C=O) groups is 7. The van der Waals surface area contributed by atoms with Gasteiger partial charge < -0.3 is 43.4 Å². The highest BCUT2D eigenvalue weighted by molar-refractivity contribution is 5.95. The van der Waals surface area contributed by atoms with Crippen molar-refractivity contribution in [2.24, 2.45) is 23.1 Å². The number of nitrogens with two attached hydrogens (primary N) is 3. The summed E-state index contributed by atoms with van der Waals surface area (Å²) in [6.45, 7) is 3.33. The maximum absolute atomic E-state index is 12.9.